The van der Waals surface area contributed by atoms with E-state index in [1.165, 1.54) is 0 Å². The van der Waals surface area contributed by atoms with Crippen molar-refractivity contribution in [2.24, 2.45) is 5.92 Å². The zero-order valence-electron chi connectivity index (χ0n) is 13.9. The van der Waals surface area contributed by atoms with Gasteiger partial charge in [0.05, 0.1) is 6.61 Å². The molecule has 2 N–H and O–H groups in total. The van der Waals surface area contributed by atoms with Crippen LogP contribution in [0.1, 0.15) is 18.4 Å². The topological polar surface area (TPSA) is 74.4 Å². The van der Waals surface area contributed by atoms with Crippen LogP contribution >= 0.6 is 0 Å². The van der Waals surface area contributed by atoms with Crippen molar-refractivity contribution in [2.45, 2.75) is 19.4 Å². The van der Waals surface area contributed by atoms with Gasteiger partial charge >= 0.3 is 6.03 Å². The second-order valence-corrected chi connectivity index (χ2v) is 6.33. The van der Waals surface area contributed by atoms with Crippen molar-refractivity contribution < 1.29 is 9.53 Å². The third-order valence-corrected chi connectivity index (χ3v) is 4.39. The van der Waals surface area contributed by atoms with Crippen LogP contribution in [0.2, 0.25) is 0 Å². The molecule has 1 aliphatic rings. The Morgan fingerprint density at radius 1 is 1.42 bits per heavy atom. The molecule has 1 aromatic heterocycles. The van der Waals surface area contributed by atoms with Gasteiger partial charge < -0.3 is 19.9 Å². The number of hydrogen-bond acceptors (Lipinski definition) is 3. The number of aromatic nitrogens is 1. The molecule has 1 aromatic carbocycles. The van der Waals surface area contributed by atoms with Crippen molar-refractivity contribution >= 4 is 16.9 Å². The van der Waals surface area contributed by atoms with Gasteiger partial charge in [-0.15, -0.1) is 0 Å². The smallest absolute Gasteiger partial charge is 0.317 e. The predicted molar refractivity (Wildman–Crippen MR) is 93.0 cm³/mol. The summed E-state index contributed by atoms with van der Waals surface area (Å²) < 4.78 is 5.44. The highest BCUT2D eigenvalue weighted by atomic mass is 16.5. The summed E-state index contributed by atoms with van der Waals surface area (Å²) in [7, 11) is 1.77. The summed E-state index contributed by atoms with van der Waals surface area (Å²) >= 11 is 0. The Morgan fingerprint density at radius 2 is 2.25 bits per heavy atom. The summed E-state index contributed by atoms with van der Waals surface area (Å²) in [4.78, 5) is 28.8. The summed E-state index contributed by atoms with van der Waals surface area (Å²) in [6.45, 7) is 2.41. The van der Waals surface area contributed by atoms with Crippen LogP contribution in [0.25, 0.3) is 10.9 Å². The zero-order valence-corrected chi connectivity index (χ0v) is 13.9. The van der Waals surface area contributed by atoms with Gasteiger partial charge in [-0.05, 0) is 30.4 Å². The molecule has 1 fully saturated rings. The lowest BCUT2D eigenvalue weighted by atomic mass is 10.0. The molecule has 1 atom stereocenters. The van der Waals surface area contributed by atoms with E-state index in [2.05, 4.69) is 10.3 Å². The van der Waals surface area contributed by atoms with Gasteiger partial charge in [0.2, 0.25) is 0 Å². The number of para-hydroxylation sites is 1. The van der Waals surface area contributed by atoms with E-state index in [9.17, 15) is 9.59 Å². The number of nitrogens with one attached hydrogen (secondary N) is 2. The van der Waals surface area contributed by atoms with Crippen LogP contribution in [0, 0.1) is 5.92 Å². The molecule has 1 saturated heterocycles. The average molecular weight is 329 g/mol. The van der Waals surface area contributed by atoms with E-state index in [0.717, 1.165) is 30.4 Å². The minimum absolute atomic E-state index is 0.169. The molecule has 0 radical (unpaired) electrons. The molecule has 0 aliphatic carbocycles. The van der Waals surface area contributed by atoms with Crippen molar-refractivity contribution in [2.75, 3.05) is 26.8 Å². The second-order valence-electron chi connectivity index (χ2n) is 6.33. The molecule has 128 valence electrons. The lowest BCUT2D eigenvalue weighted by molar-refractivity contribution is 0.0457. The number of carbonyl (C=O) groups is 1. The fourth-order valence-electron chi connectivity index (χ4n) is 3.05. The van der Waals surface area contributed by atoms with Crippen molar-refractivity contribution in [3.05, 3.63) is 46.2 Å². The first-order chi connectivity index (χ1) is 11.6. The van der Waals surface area contributed by atoms with Gasteiger partial charge in [-0.25, -0.2) is 4.79 Å². The molecule has 2 aromatic rings. The van der Waals surface area contributed by atoms with E-state index in [0.29, 0.717) is 24.6 Å². The first-order valence-corrected chi connectivity index (χ1v) is 8.31. The molecular formula is C18H23N3O3. The van der Waals surface area contributed by atoms with E-state index >= 15 is 0 Å². The normalized spacial score (nSPS) is 17.6. The lowest BCUT2D eigenvalue weighted by Crippen LogP contribution is -2.41. The number of hydrogen-bond donors (Lipinski definition) is 2. The number of amides is 2. The van der Waals surface area contributed by atoms with Gasteiger partial charge in [-0.1, -0.05) is 18.2 Å². The summed E-state index contributed by atoms with van der Waals surface area (Å²) in [6.07, 6.45) is 2.13. The maximum atomic E-state index is 12.2. The van der Waals surface area contributed by atoms with Crippen LogP contribution in [0.3, 0.4) is 0 Å². The third-order valence-electron chi connectivity index (χ3n) is 4.39. The number of H-pyrrole nitrogens is 1. The molecule has 2 amide bonds. The maximum Gasteiger partial charge on any atom is 0.317 e. The number of pyridine rings is 1. The van der Waals surface area contributed by atoms with E-state index < -0.39 is 0 Å². The minimum Gasteiger partial charge on any atom is -0.381 e. The van der Waals surface area contributed by atoms with Gasteiger partial charge in [-0.2, -0.15) is 0 Å². The first kappa shape index (κ1) is 16.5. The van der Waals surface area contributed by atoms with Crippen LogP contribution in [0.15, 0.2) is 35.1 Å². The lowest BCUT2D eigenvalue weighted by Gasteiger charge is -2.27. The van der Waals surface area contributed by atoms with Crippen LogP contribution < -0.4 is 10.9 Å². The Kier molecular flexibility index (Phi) is 5.15. The summed E-state index contributed by atoms with van der Waals surface area (Å²) in [5.74, 6) is 0.388. The Bertz CT molecular complexity index is 765. The average Bonchev–Trinajstić information content (AvgIpc) is 2.60. The van der Waals surface area contributed by atoms with Crippen LogP contribution in [-0.4, -0.2) is 42.7 Å². The van der Waals surface area contributed by atoms with Gasteiger partial charge in [-0.3, -0.25) is 4.79 Å². The molecule has 1 aliphatic heterocycles. The molecule has 0 saturated carbocycles. The van der Waals surface area contributed by atoms with Crippen LogP contribution in [0.4, 0.5) is 4.79 Å². The molecule has 0 spiro atoms. The minimum atomic E-state index is -0.173. The first-order valence-electron chi connectivity index (χ1n) is 8.31. The van der Waals surface area contributed by atoms with Crippen LogP contribution in [-0.2, 0) is 11.3 Å². The standard InChI is InChI=1S/C18H23N3O3/c1-21(11-13-5-4-8-24-12-13)18(23)19-10-15-9-14-6-2-3-7-16(14)20-17(15)22/h2-3,6-7,9,13H,4-5,8,10-12H2,1H3,(H,19,23)(H,20,22). The fourth-order valence-corrected chi connectivity index (χ4v) is 3.05. The predicted octanol–water partition coefficient (Wildman–Crippen LogP) is 2.10. The van der Waals surface area contributed by atoms with Gasteiger partial charge in [0.15, 0.2) is 0 Å². The second kappa shape index (κ2) is 7.49. The molecular weight excluding hydrogens is 306 g/mol. The van der Waals surface area contributed by atoms with Crippen LogP contribution in [0.5, 0.6) is 0 Å². The summed E-state index contributed by atoms with van der Waals surface area (Å²) in [5, 5.41) is 3.77. The Hall–Kier alpha value is -2.34. The zero-order chi connectivity index (χ0) is 16.9. The number of fused-ring (bicyclic) bond motifs is 1. The highest BCUT2D eigenvalue weighted by molar-refractivity contribution is 5.79. The van der Waals surface area contributed by atoms with Gasteiger partial charge in [0.1, 0.15) is 0 Å². The third kappa shape index (κ3) is 3.94. The molecule has 2 heterocycles. The van der Waals surface area contributed by atoms with E-state index in [-0.39, 0.29) is 18.1 Å². The number of urea groups is 1. The fraction of sp³-hybridized carbons (Fsp3) is 0.444. The van der Waals surface area contributed by atoms with Crippen molar-refractivity contribution in [3.63, 3.8) is 0 Å². The van der Waals surface area contributed by atoms with Crippen molar-refractivity contribution in [1.82, 2.24) is 15.2 Å². The SMILES string of the molecule is CN(CC1CCCOC1)C(=O)NCc1cc2ccccc2[nH]c1=O. The number of ether oxygens (including phenoxy) is 1. The number of nitrogens with zero attached hydrogens (tertiary/aromatic N) is 1. The van der Waals surface area contributed by atoms with Gasteiger partial charge in [0, 0.05) is 43.7 Å². The summed E-state index contributed by atoms with van der Waals surface area (Å²) in [6, 6.07) is 9.24. The van der Waals surface area contributed by atoms with E-state index in [1.807, 2.05) is 30.3 Å². The van der Waals surface area contributed by atoms with Crippen molar-refractivity contribution in [3.8, 4) is 0 Å². The number of benzene rings is 1. The highest BCUT2D eigenvalue weighted by Crippen LogP contribution is 2.14. The quantitative estimate of drug-likeness (QED) is 0.902. The van der Waals surface area contributed by atoms with Gasteiger partial charge in [0.25, 0.3) is 5.56 Å². The number of carbonyl (C=O) groups excluding carboxylic acids is 1. The largest absolute Gasteiger partial charge is 0.381 e. The van der Waals surface area contributed by atoms with E-state index in [4.69, 9.17) is 4.74 Å². The number of aromatic amines is 1. The Balaban J connectivity index is 1.59. The van der Waals surface area contributed by atoms with E-state index in [1.54, 1.807) is 11.9 Å². The molecule has 1 unspecified atom stereocenters. The molecule has 6 nitrogen and oxygen atoms in total. The highest BCUT2D eigenvalue weighted by Gasteiger charge is 2.18. The Labute approximate surface area is 140 Å². The Morgan fingerprint density at radius 3 is 3.04 bits per heavy atom. The molecule has 0 bridgehead atoms. The van der Waals surface area contributed by atoms with Crippen molar-refractivity contribution in [1.29, 1.82) is 0 Å². The molecule has 6 heteroatoms. The summed E-state index contributed by atoms with van der Waals surface area (Å²) in [5.41, 5.74) is 1.18. The molecule has 24 heavy (non-hydrogen) atoms. The maximum absolute atomic E-state index is 12.2. The molecule has 3 rings (SSSR count). The number of rotatable bonds is 4. The monoisotopic (exact) mass is 329 g/mol.